The Labute approximate surface area is 180 Å². The van der Waals surface area contributed by atoms with Crippen molar-refractivity contribution in [3.05, 3.63) is 75.7 Å². The van der Waals surface area contributed by atoms with Crippen LogP contribution < -0.4 is 10.6 Å². The summed E-state index contributed by atoms with van der Waals surface area (Å²) in [5.74, 6) is 0. The largest absolute Gasteiger partial charge is 0.416 e. The van der Waals surface area contributed by atoms with E-state index >= 15 is 0 Å². The molecule has 4 rings (SSSR count). The van der Waals surface area contributed by atoms with E-state index in [9.17, 15) is 18.0 Å². The highest BCUT2D eigenvalue weighted by Gasteiger charge is 2.34. The molecule has 1 atom stereocenters. The van der Waals surface area contributed by atoms with Gasteiger partial charge in [-0.15, -0.1) is 11.3 Å². The molecule has 0 aliphatic carbocycles. The number of thiazole rings is 1. The second-order valence-electron chi connectivity index (χ2n) is 6.94. The van der Waals surface area contributed by atoms with Gasteiger partial charge in [0.25, 0.3) is 0 Å². The van der Waals surface area contributed by atoms with Gasteiger partial charge in [-0.3, -0.25) is 4.99 Å². The Morgan fingerprint density at radius 2 is 1.90 bits per heavy atom. The molecule has 2 heterocycles. The van der Waals surface area contributed by atoms with Crippen LogP contribution in [0.25, 0.3) is 16.8 Å². The van der Waals surface area contributed by atoms with Gasteiger partial charge in [-0.25, -0.2) is 9.78 Å². The summed E-state index contributed by atoms with van der Waals surface area (Å²) in [5, 5.41) is 7.89. The molecule has 1 aromatic heterocycles. The fourth-order valence-corrected chi connectivity index (χ4v) is 4.35. The molecule has 2 N–H and O–H groups in total. The Balaban J connectivity index is 1.75. The molecule has 3 aromatic rings. The van der Waals surface area contributed by atoms with Crippen LogP contribution in [0.15, 0.2) is 64.6 Å². The van der Waals surface area contributed by atoms with Crippen molar-refractivity contribution in [1.82, 2.24) is 15.6 Å². The third-order valence-electron chi connectivity index (χ3n) is 4.90. The standard InChI is InChI=1S/C22H17F3N4OS/c1-12-18(20-28-17(11-31-20)13-6-8-16(26-2)9-7-13)19(29-21(30)27-12)14-4-3-5-15(10-14)22(23,24)25/h3-11,19H,2H2,1H3,(H2,27,29,30). The third-order valence-corrected chi connectivity index (χ3v) is 5.77. The summed E-state index contributed by atoms with van der Waals surface area (Å²) < 4.78 is 39.7. The highest BCUT2D eigenvalue weighted by atomic mass is 32.1. The van der Waals surface area contributed by atoms with Crippen LogP contribution in [0.3, 0.4) is 0 Å². The van der Waals surface area contributed by atoms with E-state index in [0.717, 1.165) is 29.1 Å². The number of allylic oxidation sites excluding steroid dienone is 1. The lowest BCUT2D eigenvalue weighted by atomic mass is 9.94. The predicted molar refractivity (Wildman–Crippen MR) is 115 cm³/mol. The normalized spacial score (nSPS) is 16.6. The molecule has 0 fully saturated rings. The lowest BCUT2D eigenvalue weighted by Gasteiger charge is -2.28. The first kappa shape index (κ1) is 20.8. The minimum atomic E-state index is -4.48. The maximum absolute atomic E-state index is 13.2. The molecule has 2 amide bonds. The van der Waals surface area contributed by atoms with Gasteiger partial charge in [0.05, 0.1) is 23.0 Å². The second-order valence-corrected chi connectivity index (χ2v) is 7.79. The smallest absolute Gasteiger partial charge is 0.327 e. The first-order chi connectivity index (χ1) is 14.8. The van der Waals surface area contributed by atoms with Crippen LogP contribution in [0.2, 0.25) is 0 Å². The number of carbonyl (C=O) groups excluding carboxylic acids is 1. The van der Waals surface area contributed by atoms with Crippen molar-refractivity contribution in [2.24, 2.45) is 4.99 Å². The average Bonchev–Trinajstić information content (AvgIpc) is 3.22. The maximum atomic E-state index is 13.2. The van der Waals surface area contributed by atoms with Gasteiger partial charge < -0.3 is 10.6 Å². The third kappa shape index (κ3) is 4.22. The lowest BCUT2D eigenvalue weighted by Crippen LogP contribution is -2.42. The number of amides is 2. The quantitative estimate of drug-likeness (QED) is 0.491. The van der Waals surface area contributed by atoms with Crippen LogP contribution in [0.1, 0.15) is 29.1 Å². The zero-order chi connectivity index (χ0) is 22.2. The molecule has 5 nitrogen and oxygen atoms in total. The first-order valence-corrected chi connectivity index (χ1v) is 10.1. The van der Waals surface area contributed by atoms with Gasteiger partial charge >= 0.3 is 12.2 Å². The van der Waals surface area contributed by atoms with E-state index in [-0.39, 0.29) is 0 Å². The summed E-state index contributed by atoms with van der Waals surface area (Å²) in [6, 6.07) is 11.1. The Morgan fingerprint density at radius 1 is 1.16 bits per heavy atom. The summed E-state index contributed by atoms with van der Waals surface area (Å²) in [5.41, 5.74) is 3.05. The topological polar surface area (TPSA) is 66.4 Å². The SMILES string of the molecule is C=Nc1ccc(-c2csc(C3=C(C)NC(=O)NC3c3cccc(C(F)(F)F)c3)n2)cc1. The molecule has 1 aliphatic heterocycles. The van der Waals surface area contributed by atoms with Crippen LogP contribution in [0.5, 0.6) is 0 Å². The molecule has 1 aliphatic rings. The molecular formula is C22H17F3N4OS. The van der Waals surface area contributed by atoms with Crippen molar-refractivity contribution >= 4 is 35.3 Å². The van der Waals surface area contributed by atoms with Crippen LogP contribution in [0.4, 0.5) is 23.7 Å². The van der Waals surface area contributed by atoms with Gasteiger partial charge in [0.15, 0.2) is 0 Å². The number of hydrogen-bond donors (Lipinski definition) is 2. The zero-order valence-corrected chi connectivity index (χ0v) is 17.1. The molecule has 1 unspecified atom stereocenters. The Bertz CT molecular complexity index is 1180. The minimum Gasteiger partial charge on any atom is -0.327 e. The Hall–Kier alpha value is -3.46. The monoisotopic (exact) mass is 442 g/mol. The van der Waals surface area contributed by atoms with Gasteiger partial charge in [0, 0.05) is 22.2 Å². The Morgan fingerprint density at radius 3 is 2.58 bits per heavy atom. The van der Waals surface area contributed by atoms with Gasteiger partial charge in [-0.05, 0) is 43.5 Å². The summed E-state index contributed by atoms with van der Waals surface area (Å²) in [6.45, 7) is 5.20. The molecule has 0 bridgehead atoms. The van der Waals surface area contributed by atoms with Crippen molar-refractivity contribution in [1.29, 1.82) is 0 Å². The van der Waals surface area contributed by atoms with E-state index < -0.39 is 23.8 Å². The number of carbonyl (C=O) groups is 1. The van der Waals surface area contributed by atoms with Crippen molar-refractivity contribution in [3.63, 3.8) is 0 Å². The number of halogens is 3. The number of hydrogen-bond acceptors (Lipinski definition) is 4. The number of aromatic nitrogens is 1. The Kier molecular flexibility index (Phi) is 5.36. The number of aliphatic imine (C=N–C) groups is 1. The van der Waals surface area contributed by atoms with Crippen molar-refractivity contribution in [3.8, 4) is 11.3 Å². The van der Waals surface area contributed by atoms with E-state index in [1.807, 2.05) is 29.6 Å². The highest BCUT2D eigenvalue weighted by molar-refractivity contribution is 7.11. The van der Waals surface area contributed by atoms with Crippen LogP contribution >= 0.6 is 11.3 Å². The van der Waals surface area contributed by atoms with Crippen LogP contribution in [-0.4, -0.2) is 17.7 Å². The number of nitrogens with zero attached hydrogens (tertiary/aromatic N) is 2. The first-order valence-electron chi connectivity index (χ1n) is 9.25. The molecule has 9 heteroatoms. The zero-order valence-electron chi connectivity index (χ0n) is 16.3. The number of rotatable bonds is 4. The van der Waals surface area contributed by atoms with E-state index in [2.05, 4.69) is 27.3 Å². The molecule has 2 aromatic carbocycles. The molecule has 0 saturated heterocycles. The van der Waals surface area contributed by atoms with E-state index in [0.29, 0.717) is 21.8 Å². The van der Waals surface area contributed by atoms with Gasteiger partial charge in [0.1, 0.15) is 5.01 Å². The van der Waals surface area contributed by atoms with Crippen LogP contribution in [0, 0.1) is 0 Å². The number of benzene rings is 2. The molecular weight excluding hydrogens is 425 g/mol. The number of nitrogens with one attached hydrogen (secondary N) is 2. The van der Waals surface area contributed by atoms with Crippen LogP contribution in [-0.2, 0) is 6.18 Å². The van der Waals surface area contributed by atoms with E-state index in [1.54, 1.807) is 13.0 Å². The molecule has 31 heavy (non-hydrogen) atoms. The number of urea groups is 1. The summed E-state index contributed by atoms with van der Waals surface area (Å²) in [7, 11) is 0. The lowest BCUT2D eigenvalue weighted by molar-refractivity contribution is -0.137. The molecule has 0 saturated carbocycles. The van der Waals surface area contributed by atoms with Gasteiger partial charge in [0.2, 0.25) is 0 Å². The fraction of sp³-hybridized carbons (Fsp3) is 0.136. The minimum absolute atomic E-state index is 0.331. The van der Waals surface area contributed by atoms with Crippen molar-refractivity contribution in [2.75, 3.05) is 0 Å². The molecule has 0 spiro atoms. The maximum Gasteiger partial charge on any atom is 0.416 e. The second kappa shape index (κ2) is 7.99. The summed E-state index contributed by atoms with van der Waals surface area (Å²) in [6.07, 6.45) is -4.48. The van der Waals surface area contributed by atoms with Crippen molar-refractivity contribution < 1.29 is 18.0 Å². The highest BCUT2D eigenvalue weighted by Crippen LogP contribution is 2.39. The van der Waals surface area contributed by atoms with E-state index in [1.165, 1.54) is 17.4 Å². The average molecular weight is 442 g/mol. The van der Waals surface area contributed by atoms with E-state index in [4.69, 9.17) is 0 Å². The van der Waals surface area contributed by atoms with Gasteiger partial charge in [-0.2, -0.15) is 13.2 Å². The predicted octanol–water partition coefficient (Wildman–Crippen LogP) is 5.95. The van der Waals surface area contributed by atoms with Gasteiger partial charge in [-0.1, -0.05) is 24.3 Å². The van der Waals surface area contributed by atoms with Crippen molar-refractivity contribution in [2.45, 2.75) is 19.1 Å². The summed E-state index contributed by atoms with van der Waals surface area (Å²) in [4.78, 5) is 20.6. The summed E-state index contributed by atoms with van der Waals surface area (Å²) >= 11 is 1.36. The molecule has 158 valence electrons. The number of alkyl halides is 3. The molecule has 0 radical (unpaired) electrons. The fourth-order valence-electron chi connectivity index (χ4n) is 3.39.